The summed E-state index contributed by atoms with van der Waals surface area (Å²) in [6, 6.07) is 14.6. The number of hydrogen-bond donors (Lipinski definition) is 0. The molecule has 0 atom stereocenters. The van der Waals surface area contributed by atoms with Gasteiger partial charge in [0.05, 0.1) is 12.1 Å². The van der Waals surface area contributed by atoms with Crippen molar-refractivity contribution in [2.75, 3.05) is 31.1 Å². The Kier molecular flexibility index (Phi) is 6.92. The molecular weight excluding hydrogens is 441 g/mol. The zero-order chi connectivity index (χ0) is 20.9. The van der Waals surface area contributed by atoms with Crippen LogP contribution < -0.4 is 4.90 Å². The lowest BCUT2D eigenvalue weighted by Gasteiger charge is -2.36. The van der Waals surface area contributed by atoms with Gasteiger partial charge in [-0.25, -0.2) is 9.37 Å². The van der Waals surface area contributed by atoms with E-state index in [1.165, 1.54) is 29.2 Å². The standard InChI is InChI=1S/C22H21ClFN3OS2/c23-17-5-7-19(8-6-17)26-9-11-27(12-10-26)21(28)13-18-15-30-22(25-18)29-14-16-3-1-2-4-20(16)24/h1-8,15H,9-14H2. The van der Waals surface area contributed by atoms with Crippen LogP contribution in [0.3, 0.4) is 0 Å². The van der Waals surface area contributed by atoms with Gasteiger partial charge in [-0.2, -0.15) is 0 Å². The Morgan fingerprint density at radius 3 is 2.57 bits per heavy atom. The van der Waals surface area contributed by atoms with E-state index >= 15 is 0 Å². The smallest absolute Gasteiger partial charge is 0.228 e. The van der Waals surface area contributed by atoms with Gasteiger partial charge in [0.15, 0.2) is 0 Å². The first-order chi connectivity index (χ1) is 14.6. The largest absolute Gasteiger partial charge is 0.368 e. The van der Waals surface area contributed by atoms with Crippen molar-refractivity contribution in [3.05, 3.63) is 76.0 Å². The third-order valence-electron chi connectivity index (χ3n) is 5.00. The maximum Gasteiger partial charge on any atom is 0.228 e. The van der Waals surface area contributed by atoms with Crippen molar-refractivity contribution < 1.29 is 9.18 Å². The van der Waals surface area contributed by atoms with E-state index < -0.39 is 0 Å². The molecule has 1 aliphatic rings. The molecule has 0 unspecified atom stereocenters. The zero-order valence-corrected chi connectivity index (χ0v) is 18.7. The fourth-order valence-electron chi connectivity index (χ4n) is 3.32. The summed E-state index contributed by atoms with van der Waals surface area (Å²) >= 11 is 8.96. The number of carbonyl (C=O) groups is 1. The van der Waals surface area contributed by atoms with Crippen LogP contribution in [0.2, 0.25) is 5.02 Å². The molecule has 2 aromatic carbocycles. The number of nitrogens with zero attached hydrogens (tertiary/aromatic N) is 3. The molecule has 156 valence electrons. The van der Waals surface area contributed by atoms with Gasteiger partial charge in [-0.05, 0) is 35.9 Å². The second-order valence-electron chi connectivity index (χ2n) is 7.01. The number of thioether (sulfide) groups is 1. The average Bonchev–Trinajstić information content (AvgIpc) is 3.21. The Balaban J connectivity index is 1.26. The number of anilines is 1. The first kappa shape index (κ1) is 21.2. The van der Waals surface area contributed by atoms with E-state index in [1.54, 1.807) is 12.1 Å². The molecule has 1 amide bonds. The summed E-state index contributed by atoms with van der Waals surface area (Å²) in [5.41, 5.74) is 2.57. The third-order valence-corrected chi connectivity index (χ3v) is 7.37. The van der Waals surface area contributed by atoms with E-state index in [0.717, 1.165) is 33.8 Å². The second kappa shape index (κ2) is 9.81. The Morgan fingerprint density at radius 1 is 1.10 bits per heavy atom. The second-order valence-corrected chi connectivity index (χ2v) is 9.52. The minimum atomic E-state index is -0.199. The van der Waals surface area contributed by atoms with Gasteiger partial charge < -0.3 is 9.80 Å². The normalized spacial score (nSPS) is 14.2. The van der Waals surface area contributed by atoms with Crippen LogP contribution in [0.4, 0.5) is 10.1 Å². The van der Waals surface area contributed by atoms with Crippen LogP contribution >= 0.6 is 34.7 Å². The van der Waals surface area contributed by atoms with E-state index in [9.17, 15) is 9.18 Å². The number of rotatable bonds is 6. The fraction of sp³-hybridized carbons (Fsp3) is 0.273. The van der Waals surface area contributed by atoms with E-state index in [2.05, 4.69) is 9.88 Å². The maximum atomic E-state index is 13.7. The molecule has 0 bridgehead atoms. The van der Waals surface area contributed by atoms with Crippen LogP contribution in [0, 0.1) is 5.82 Å². The first-order valence-corrected chi connectivity index (χ1v) is 11.9. The van der Waals surface area contributed by atoms with Crippen LogP contribution in [0.25, 0.3) is 0 Å². The summed E-state index contributed by atoms with van der Waals surface area (Å²) < 4.78 is 14.6. The molecule has 0 radical (unpaired) electrons. The molecule has 8 heteroatoms. The molecule has 1 aliphatic heterocycles. The Bertz CT molecular complexity index is 1000. The first-order valence-electron chi connectivity index (χ1n) is 9.67. The number of halogens is 2. The Labute approximate surface area is 188 Å². The minimum absolute atomic E-state index is 0.0988. The highest BCUT2D eigenvalue weighted by atomic mass is 35.5. The molecule has 0 spiro atoms. The molecule has 0 aliphatic carbocycles. The van der Waals surface area contributed by atoms with Gasteiger partial charge in [0.2, 0.25) is 5.91 Å². The summed E-state index contributed by atoms with van der Waals surface area (Å²) in [6.07, 6.45) is 0.303. The van der Waals surface area contributed by atoms with Gasteiger partial charge in [0, 0.05) is 48.0 Å². The van der Waals surface area contributed by atoms with E-state index in [4.69, 9.17) is 11.6 Å². The van der Waals surface area contributed by atoms with Crippen molar-refractivity contribution in [3.8, 4) is 0 Å². The van der Waals surface area contributed by atoms with Gasteiger partial charge in [-0.15, -0.1) is 11.3 Å². The van der Waals surface area contributed by atoms with Crippen molar-refractivity contribution in [2.45, 2.75) is 16.5 Å². The van der Waals surface area contributed by atoms with Gasteiger partial charge in [-0.3, -0.25) is 4.79 Å². The lowest BCUT2D eigenvalue weighted by Crippen LogP contribution is -2.49. The minimum Gasteiger partial charge on any atom is -0.368 e. The molecule has 1 fully saturated rings. The predicted molar refractivity (Wildman–Crippen MR) is 122 cm³/mol. The Morgan fingerprint density at radius 2 is 1.83 bits per heavy atom. The molecular formula is C22H21ClFN3OS2. The Hall–Kier alpha value is -2.09. The summed E-state index contributed by atoms with van der Waals surface area (Å²) in [5.74, 6) is 0.427. The number of benzene rings is 2. The van der Waals surface area contributed by atoms with Gasteiger partial charge >= 0.3 is 0 Å². The van der Waals surface area contributed by atoms with E-state index in [1.807, 2.05) is 40.6 Å². The molecule has 1 aromatic heterocycles. The van der Waals surface area contributed by atoms with Crippen molar-refractivity contribution >= 4 is 46.3 Å². The molecule has 2 heterocycles. The zero-order valence-electron chi connectivity index (χ0n) is 16.3. The van der Waals surface area contributed by atoms with Crippen LogP contribution in [0.5, 0.6) is 0 Å². The highest BCUT2D eigenvalue weighted by molar-refractivity contribution is 8.00. The molecule has 0 saturated carbocycles. The van der Waals surface area contributed by atoms with Gasteiger partial charge in [-0.1, -0.05) is 41.6 Å². The third kappa shape index (κ3) is 5.33. The lowest BCUT2D eigenvalue weighted by molar-refractivity contribution is -0.130. The highest BCUT2D eigenvalue weighted by Crippen LogP contribution is 2.27. The summed E-state index contributed by atoms with van der Waals surface area (Å²) in [7, 11) is 0. The molecule has 4 rings (SSSR count). The average molecular weight is 462 g/mol. The maximum absolute atomic E-state index is 13.7. The summed E-state index contributed by atoms with van der Waals surface area (Å²) in [5, 5.41) is 2.65. The van der Waals surface area contributed by atoms with E-state index in [0.29, 0.717) is 30.8 Å². The van der Waals surface area contributed by atoms with Gasteiger partial charge in [0.25, 0.3) is 0 Å². The summed E-state index contributed by atoms with van der Waals surface area (Å²) in [4.78, 5) is 21.4. The molecule has 1 saturated heterocycles. The highest BCUT2D eigenvalue weighted by Gasteiger charge is 2.22. The van der Waals surface area contributed by atoms with Crippen molar-refractivity contribution in [3.63, 3.8) is 0 Å². The monoisotopic (exact) mass is 461 g/mol. The summed E-state index contributed by atoms with van der Waals surface area (Å²) in [6.45, 7) is 2.99. The fourth-order valence-corrected chi connectivity index (χ4v) is 5.28. The number of piperazine rings is 1. The number of hydrogen-bond acceptors (Lipinski definition) is 5. The van der Waals surface area contributed by atoms with Crippen LogP contribution in [-0.2, 0) is 17.0 Å². The SMILES string of the molecule is O=C(Cc1csc(SCc2ccccc2F)n1)N1CCN(c2ccc(Cl)cc2)CC1. The van der Waals surface area contributed by atoms with Crippen molar-refractivity contribution in [2.24, 2.45) is 0 Å². The van der Waals surface area contributed by atoms with Crippen molar-refractivity contribution in [1.82, 2.24) is 9.88 Å². The van der Waals surface area contributed by atoms with E-state index in [-0.39, 0.29) is 11.7 Å². The van der Waals surface area contributed by atoms with Crippen LogP contribution in [-0.4, -0.2) is 42.0 Å². The number of carbonyl (C=O) groups excluding carboxylic acids is 1. The number of amides is 1. The van der Waals surface area contributed by atoms with Gasteiger partial charge in [0.1, 0.15) is 10.2 Å². The molecule has 0 N–H and O–H groups in total. The topological polar surface area (TPSA) is 36.4 Å². The molecule has 4 nitrogen and oxygen atoms in total. The number of thiazole rings is 1. The number of aromatic nitrogens is 1. The van der Waals surface area contributed by atoms with Crippen molar-refractivity contribution in [1.29, 1.82) is 0 Å². The van der Waals surface area contributed by atoms with Crippen LogP contribution in [0.1, 0.15) is 11.3 Å². The van der Waals surface area contributed by atoms with Crippen LogP contribution in [0.15, 0.2) is 58.3 Å². The quantitative estimate of drug-likeness (QED) is 0.477. The lowest BCUT2D eigenvalue weighted by atomic mass is 10.2. The molecule has 3 aromatic rings. The molecule has 30 heavy (non-hydrogen) atoms. The predicted octanol–water partition coefficient (Wildman–Crippen LogP) is 5.12.